The minimum absolute atomic E-state index is 0.154. The standard InChI is InChI=1S/C22H24FN3S/c1-17-5-2-3-8-21(17)22-24-20(16-27-22)15-26-11-9-25(10-12-26)14-18-6-4-7-19(23)13-18/h2-8,13,16H,9-12,14-15H2,1H3. The zero-order valence-electron chi connectivity index (χ0n) is 15.6. The molecule has 0 spiro atoms. The number of benzene rings is 2. The first kappa shape index (κ1) is 18.3. The first-order valence-electron chi connectivity index (χ1n) is 9.37. The molecule has 27 heavy (non-hydrogen) atoms. The smallest absolute Gasteiger partial charge is 0.123 e. The Labute approximate surface area is 164 Å². The SMILES string of the molecule is Cc1ccccc1-c1nc(CN2CCN(Cc3cccc(F)c3)CC2)cs1. The van der Waals surface area contributed by atoms with Crippen LogP contribution in [0.5, 0.6) is 0 Å². The van der Waals surface area contributed by atoms with Gasteiger partial charge >= 0.3 is 0 Å². The molecule has 1 aliphatic heterocycles. The van der Waals surface area contributed by atoms with Gasteiger partial charge in [-0.05, 0) is 30.2 Å². The molecule has 0 saturated carbocycles. The minimum atomic E-state index is -0.154. The summed E-state index contributed by atoms with van der Waals surface area (Å²) in [6.07, 6.45) is 0. The second-order valence-electron chi connectivity index (χ2n) is 7.14. The molecule has 140 valence electrons. The summed E-state index contributed by atoms with van der Waals surface area (Å²) in [5, 5.41) is 3.29. The lowest BCUT2D eigenvalue weighted by Crippen LogP contribution is -2.45. The number of nitrogens with zero attached hydrogens (tertiary/aromatic N) is 3. The van der Waals surface area contributed by atoms with Crippen molar-refractivity contribution in [1.82, 2.24) is 14.8 Å². The van der Waals surface area contributed by atoms with Crippen molar-refractivity contribution >= 4 is 11.3 Å². The van der Waals surface area contributed by atoms with Crippen molar-refractivity contribution in [2.75, 3.05) is 26.2 Å². The van der Waals surface area contributed by atoms with E-state index in [-0.39, 0.29) is 5.82 Å². The van der Waals surface area contributed by atoms with Crippen molar-refractivity contribution in [3.63, 3.8) is 0 Å². The van der Waals surface area contributed by atoms with Gasteiger partial charge in [0.25, 0.3) is 0 Å². The Bertz CT molecular complexity index is 900. The van der Waals surface area contributed by atoms with Gasteiger partial charge in [0, 0.05) is 50.2 Å². The fourth-order valence-electron chi connectivity index (χ4n) is 3.54. The van der Waals surface area contributed by atoms with Gasteiger partial charge in [-0.15, -0.1) is 11.3 Å². The van der Waals surface area contributed by atoms with Crippen molar-refractivity contribution < 1.29 is 4.39 Å². The van der Waals surface area contributed by atoms with E-state index >= 15 is 0 Å². The van der Waals surface area contributed by atoms with E-state index in [0.29, 0.717) is 0 Å². The predicted molar refractivity (Wildman–Crippen MR) is 109 cm³/mol. The lowest BCUT2D eigenvalue weighted by Gasteiger charge is -2.34. The highest BCUT2D eigenvalue weighted by Gasteiger charge is 2.18. The summed E-state index contributed by atoms with van der Waals surface area (Å²) in [4.78, 5) is 9.70. The zero-order valence-corrected chi connectivity index (χ0v) is 16.4. The average molecular weight is 382 g/mol. The fraction of sp³-hybridized carbons (Fsp3) is 0.318. The van der Waals surface area contributed by atoms with Crippen LogP contribution in [0.4, 0.5) is 4.39 Å². The van der Waals surface area contributed by atoms with E-state index in [1.165, 1.54) is 17.2 Å². The second kappa shape index (κ2) is 8.30. The Morgan fingerprint density at radius 3 is 2.44 bits per heavy atom. The molecule has 3 nitrogen and oxygen atoms in total. The number of hydrogen-bond donors (Lipinski definition) is 0. The summed E-state index contributed by atoms with van der Waals surface area (Å²) in [6.45, 7) is 7.90. The van der Waals surface area contributed by atoms with Crippen LogP contribution in [0, 0.1) is 12.7 Å². The van der Waals surface area contributed by atoms with Crippen LogP contribution in [0.15, 0.2) is 53.9 Å². The highest BCUT2D eigenvalue weighted by Crippen LogP contribution is 2.27. The fourth-order valence-corrected chi connectivity index (χ4v) is 4.45. The van der Waals surface area contributed by atoms with Gasteiger partial charge in [-0.3, -0.25) is 9.80 Å². The van der Waals surface area contributed by atoms with Gasteiger partial charge in [-0.25, -0.2) is 9.37 Å². The molecule has 0 bridgehead atoms. The Balaban J connectivity index is 1.31. The molecule has 0 N–H and O–H groups in total. The molecule has 0 aliphatic carbocycles. The Morgan fingerprint density at radius 2 is 1.70 bits per heavy atom. The average Bonchev–Trinajstić information content (AvgIpc) is 3.12. The molecule has 0 atom stereocenters. The third-order valence-electron chi connectivity index (χ3n) is 5.07. The maximum Gasteiger partial charge on any atom is 0.123 e. The van der Waals surface area contributed by atoms with Crippen LogP contribution in [0.25, 0.3) is 10.6 Å². The highest BCUT2D eigenvalue weighted by molar-refractivity contribution is 7.13. The zero-order chi connectivity index (χ0) is 18.6. The lowest BCUT2D eigenvalue weighted by molar-refractivity contribution is 0.121. The topological polar surface area (TPSA) is 19.4 Å². The van der Waals surface area contributed by atoms with Gasteiger partial charge in [0.15, 0.2) is 0 Å². The molecular formula is C22H24FN3S. The monoisotopic (exact) mass is 381 g/mol. The normalized spacial score (nSPS) is 15.9. The molecule has 3 aromatic rings. The molecule has 0 amide bonds. The van der Waals surface area contributed by atoms with Crippen LogP contribution < -0.4 is 0 Å². The van der Waals surface area contributed by atoms with Crippen molar-refractivity contribution in [1.29, 1.82) is 0 Å². The number of hydrogen-bond acceptors (Lipinski definition) is 4. The molecule has 1 aliphatic rings. The van der Waals surface area contributed by atoms with Crippen molar-refractivity contribution in [2.24, 2.45) is 0 Å². The molecule has 1 saturated heterocycles. The quantitative estimate of drug-likeness (QED) is 0.645. The Morgan fingerprint density at radius 1 is 0.963 bits per heavy atom. The number of aromatic nitrogens is 1. The van der Waals surface area contributed by atoms with Gasteiger partial charge in [0.1, 0.15) is 10.8 Å². The molecule has 1 fully saturated rings. The summed E-state index contributed by atoms with van der Waals surface area (Å²) in [5.41, 5.74) is 4.70. The van der Waals surface area contributed by atoms with Crippen LogP contribution in [0.1, 0.15) is 16.8 Å². The van der Waals surface area contributed by atoms with Crippen LogP contribution in [0.2, 0.25) is 0 Å². The van der Waals surface area contributed by atoms with Crippen molar-refractivity contribution in [3.8, 4) is 10.6 Å². The third-order valence-corrected chi connectivity index (χ3v) is 6.00. The summed E-state index contributed by atoms with van der Waals surface area (Å²) in [5.74, 6) is -0.154. The first-order valence-corrected chi connectivity index (χ1v) is 10.2. The van der Waals surface area contributed by atoms with Crippen LogP contribution in [-0.4, -0.2) is 41.0 Å². The number of rotatable bonds is 5. The van der Waals surface area contributed by atoms with E-state index in [1.54, 1.807) is 23.5 Å². The number of aryl methyl sites for hydroxylation is 1. The largest absolute Gasteiger partial charge is 0.297 e. The maximum absolute atomic E-state index is 13.3. The van der Waals surface area contributed by atoms with Crippen molar-refractivity contribution in [2.45, 2.75) is 20.0 Å². The van der Waals surface area contributed by atoms with Crippen LogP contribution in [0.3, 0.4) is 0 Å². The molecule has 2 heterocycles. The Kier molecular flexibility index (Phi) is 5.62. The summed E-state index contributed by atoms with van der Waals surface area (Å²) in [6, 6.07) is 15.3. The number of piperazine rings is 1. The summed E-state index contributed by atoms with van der Waals surface area (Å²) < 4.78 is 13.3. The van der Waals surface area contributed by atoms with E-state index in [1.807, 2.05) is 6.07 Å². The summed E-state index contributed by atoms with van der Waals surface area (Å²) in [7, 11) is 0. The van der Waals surface area contributed by atoms with Crippen LogP contribution in [-0.2, 0) is 13.1 Å². The van der Waals surface area contributed by atoms with Gasteiger partial charge in [-0.2, -0.15) is 0 Å². The molecule has 1 aromatic heterocycles. The van der Waals surface area contributed by atoms with E-state index in [4.69, 9.17) is 4.98 Å². The minimum Gasteiger partial charge on any atom is -0.297 e. The third kappa shape index (κ3) is 4.61. The van der Waals surface area contributed by atoms with Gasteiger partial charge in [-0.1, -0.05) is 36.4 Å². The second-order valence-corrected chi connectivity index (χ2v) is 8.00. The van der Waals surface area contributed by atoms with Gasteiger partial charge in [0.05, 0.1) is 5.69 Å². The number of thiazole rings is 1. The maximum atomic E-state index is 13.3. The van der Waals surface area contributed by atoms with E-state index in [9.17, 15) is 4.39 Å². The van der Waals surface area contributed by atoms with E-state index < -0.39 is 0 Å². The highest BCUT2D eigenvalue weighted by atomic mass is 32.1. The lowest BCUT2D eigenvalue weighted by atomic mass is 10.1. The van der Waals surface area contributed by atoms with E-state index in [0.717, 1.165) is 55.5 Å². The van der Waals surface area contributed by atoms with Gasteiger partial charge in [0.2, 0.25) is 0 Å². The molecular weight excluding hydrogens is 357 g/mol. The predicted octanol–water partition coefficient (Wildman–Crippen LogP) is 4.58. The molecule has 5 heteroatoms. The van der Waals surface area contributed by atoms with Crippen molar-refractivity contribution in [3.05, 3.63) is 76.5 Å². The van der Waals surface area contributed by atoms with Gasteiger partial charge < -0.3 is 0 Å². The number of halogens is 1. The molecule has 2 aromatic carbocycles. The summed E-state index contributed by atoms with van der Waals surface area (Å²) >= 11 is 1.73. The Hall–Kier alpha value is -2.08. The molecule has 0 radical (unpaired) electrons. The van der Waals surface area contributed by atoms with E-state index in [2.05, 4.69) is 46.4 Å². The first-order chi connectivity index (χ1) is 13.2. The molecule has 0 unspecified atom stereocenters. The van der Waals surface area contributed by atoms with Crippen LogP contribution >= 0.6 is 11.3 Å². The molecule has 4 rings (SSSR count).